The van der Waals surface area contributed by atoms with E-state index in [9.17, 15) is 9.18 Å². The Balaban J connectivity index is 1.23. The first kappa shape index (κ1) is 20.2. The Hall–Kier alpha value is -3.10. The molecule has 1 aromatic heterocycles. The van der Waals surface area contributed by atoms with E-state index in [1.165, 1.54) is 12.1 Å². The number of nitrogens with zero attached hydrogens (tertiary/aromatic N) is 4. The van der Waals surface area contributed by atoms with Crippen LogP contribution in [-0.2, 0) is 11.3 Å². The fourth-order valence-electron chi connectivity index (χ4n) is 3.36. The summed E-state index contributed by atoms with van der Waals surface area (Å²) in [7, 11) is 0. The maximum atomic E-state index is 13.0. The predicted octanol–water partition coefficient (Wildman–Crippen LogP) is 2.94. The molecule has 2 aromatic carbocycles. The van der Waals surface area contributed by atoms with Gasteiger partial charge in [0.05, 0.1) is 13.1 Å². The lowest BCUT2D eigenvalue weighted by Gasteiger charge is -2.33. The molecule has 3 aromatic rings. The Morgan fingerprint density at radius 1 is 1.00 bits per heavy atom. The van der Waals surface area contributed by atoms with Crippen molar-refractivity contribution < 1.29 is 13.6 Å². The summed E-state index contributed by atoms with van der Waals surface area (Å²) in [6.07, 6.45) is 0. The van der Waals surface area contributed by atoms with Crippen LogP contribution in [0, 0.1) is 12.7 Å². The van der Waals surface area contributed by atoms with Crippen molar-refractivity contribution >= 4 is 11.6 Å². The number of rotatable bonds is 6. The largest absolute Gasteiger partial charge is 0.419 e. The molecular formula is C22H24FN5O2. The summed E-state index contributed by atoms with van der Waals surface area (Å²) in [5.41, 5.74) is 2.67. The van der Waals surface area contributed by atoms with Crippen molar-refractivity contribution in [2.24, 2.45) is 0 Å². The molecule has 1 fully saturated rings. The summed E-state index contributed by atoms with van der Waals surface area (Å²) in [5, 5.41) is 11.1. The third-order valence-electron chi connectivity index (χ3n) is 5.08. The molecule has 1 aliphatic rings. The second-order valence-electron chi connectivity index (χ2n) is 7.47. The molecule has 0 radical (unpaired) electrons. The molecule has 1 N–H and O–H groups in total. The Bertz CT molecular complexity index is 980. The minimum atomic E-state index is -0.302. The fraction of sp³-hybridized carbons (Fsp3) is 0.318. The number of benzene rings is 2. The van der Waals surface area contributed by atoms with Crippen LogP contribution >= 0.6 is 0 Å². The van der Waals surface area contributed by atoms with Crippen LogP contribution in [0.1, 0.15) is 11.5 Å². The van der Waals surface area contributed by atoms with Crippen molar-refractivity contribution in [3.63, 3.8) is 0 Å². The number of carbonyl (C=O) groups excluding carboxylic acids is 1. The Morgan fingerprint density at radius 2 is 1.67 bits per heavy atom. The average molecular weight is 409 g/mol. The van der Waals surface area contributed by atoms with Crippen LogP contribution < -0.4 is 5.32 Å². The van der Waals surface area contributed by atoms with Gasteiger partial charge in [-0.1, -0.05) is 17.7 Å². The molecule has 0 atom stereocenters. The van der Waals surface area contributed by atoms with Crippen LogP contribution in [0.25, 0.3) is 11.5 Å². The van der Waals surface area contributed by atoms with Gasteiger partial charge in [0.15, 0.2) is 0 Å². The van der Waals surface area contributed by atoms with Crippen LogP contribution in [-0.4, -0.2) is 58.6 Å². The normalized spacial score (nSPS) is 15.3. The van der Waals surface area contributed by atoms with Gasteiger partial charge in [-0.05, 0) is 43.3 Å². The van der Waals surface area contributed by atoms with Crippen molar-refractivity contribution in [1.29, 1.82) is 0 Å². The third kappa shape index (κ3) is 5.28. The Labute approximate surface area is 174 Å². The molecule has 4 rings (SSSR count). The van der Waals surface area contributed by atoms with Gasteiger partial charge in [0, 0.05) is 37.4 Å². The average Bonchev–Trinajstić information content (AvgIpc) is 3.20. The summed E-state index contributed by atoms with van der Waals surface area (Å²) in [4.78, 5) is 16.6. The summed E-state index contributed by atoms with van der Waals surface area (Å²) in [6.45, 7) is 6.15. The zero-order valence-electron chi connectivity index (χ0n) is 16.8. The molecule has 1 amide bonds. The van der Waals surface area contributed by atoms with Gasteiger partial charge < -0.3 is 9.73 Å². The van der Waals surface area contributed by atoms with Crippen LogP contribution in [0.15, 0.2) is 52.9 Å². The lowest BCUT2D eigenvalue weighted by atomic mass is 10.2. The summed E-state index contributed by atoms with van der Waals surface area (Å²) >= 11 is 0. The van der Waals surface area contributed by atoms with Gasteiger partial charge in [0.2, 0.25) is 17.7 Å². The highest BCUT2D eigenvalue weighted by atomic mass is 19.1. The van der Waals surface area contributed by atoms with Gasteiger partial charge in [-0.2, -0.15) is 0 Å². The van der Waals surface area contributed by atoms with E-state index >= 15 is 0 Å². The highest BCUT2D eigenvalue weighted by Crippen LogP contribution is 2.19. The van der Waals surface area contributed by atoms with Gasteiger partial charge in [-0.15, -0.1) is 10.2 Å². The summed E-state index contributed by atoms with van der Waals surface area (Å²) in [5.74, 6) is 0.605. The number of carbonyl (C=O) groups is 1. The molecule has 1 aliphatic heterocycles. The van der Waals surface area contributed by atoms with Crippen LogP contribution in [0.3, 0.4) is 0 Å². The van der Waals surface area contributed by atoms with E-state index in [0.29, 0.717) is 30.4 Å². The molecule has 7 nitrogen and oxygen atoms in total. The maximum Gasteiger partial charge on any atom is 0.247 e. The van der Waals surface area contributed by atoms with E-state index in [2.05, 4.69) is 25.3 Å². The third-order valence-corrected chi connectivity index (χ3v) is 5.08. The number of piperazine rings is 1. The Kier molecular flexibility index (Phi) is 6.15. The number of hydrogen-bond donors (Lipinski definition) is 1. The molecule has 8 heteroatoms. The van der Waals surface area contributed by atoms with Crippen LogP contribution in [0.4, 0.5) is 10.1 Å². The van der Waals surface area contributed by atoms with E-state index in [-0.39, 0.29) is 11.7 Å². The van der Waals surface area contributed by atoms with E-state index < -0.39 is 0 Å². The first-order valence-electron chi connectivity index (χ1n) is 9.95. The van der Waals surface area contributed by atoms with Crippen molar-refractivity contribution in [3.05, 3.63) is 65.8 Å². The van der Waals surface area contributed by atoms with Gasteiger partial charge in [-0.3, -0.25) is 14.6 Å². The lowest BCUT2D eigenvalue weighted by molar-refractivity contribution is -0.117. The molecule has 156 valence electrons. The number of amides is 1. The standard InChI is InChI=1S/C22H24FN5O2/c1-16-2-8-19(9-3-16)24-20(29)14-27-10-12-28(13-11-27)15-21-25-26-22(30-21)17-4-6-18(23)7-5-17/h2-9H,10-15H2,1H3,(H,24,29). The molecule has 1 saturated heterocycles. The number of halogens is 1. The molecule has 0 unspecified atom stereocenters. The topological polar surface area (TPSA) is 74.5 Å². The molecular weight excluding hydrogens is 385 g/mol. The number of aryl methyl sites for hydroxylation is 1. The Morgan fingerprint density at radius 3 is 2.37 bits per heavy atom. The van der Waals surface area contributed by atoms with E-state index in [1.807, 2.05) is 31.2 Å². The quantitative estimate of drug-likeness (QED) is 0.675. The van der Waals surface area contributed by atoms with E-state index in [4.69, 9.17) is 4.42 Å². The zero-order valence-corrected chi connectivity index (χ0v) is 16.8. The first-order valence-corrected chi connectivity index (χ1v) is 9.95. The molecule has 0 spiro atoms. The minimum absolute atomic E-state index is 0.00635. The van der Waals surface area contributed by atoms with Gasteiger partial charge in [0.1, 0.15) is 5.82 Å². The van der Waals surface area contributed by atoms with Gasteiger partial charge >= 0.3 is 0 Å². The van der Waals surface area contributed by atoms with Crippen molar-refractivity contribution in [3.8, 4) is 11.5 Å². The van der Waals surface area contributed by atoms with Crippen molar-refractivity contribution in [2.45, 2.75) is 13.5 Å². The fourth-order valence-corrected chi connectivity index (χ4v) is 3.36. The smallest absolute Gasteiger partial charge is 0.247 e. The molecule has 0 bridgehead atoms. The summed E-state index contributed by atoms with van der Waals surface area (Å²) < 4.78 is 18.8. The molecule has 0 aliphatic carbocycles. The number of nitrogens with one attached hydrogen (secondary N) is 1. The van der Waals surface area contributed by atoms with Crippen molar-refractivity contribution in [1.82, 2.24) is 20.0 Å². The lowest BCUT2D eigenvalue weighted by Crippen LogP contribution is -2.48. The molecule has 0 saturated carbocycles. The highest BCUT2D eigenvalue weighted by Gasteiger charge is 2.21. The second-order valence-corrected chi connectivity index (χ2v) is 7.47. The van der Waals surface area contributed by atoms with Crippen LogP contribution in [0.5, 0.6) is 0 Å². The maximum absolute atomic E-state index is 13.0. The molecule has 30 heavy (non-hydrogen) atoms. The SMILES string of the molecule is Cc1ccc(NC(=O)CN2CCN(Cc3nnc(-c4ccc(F)cc4)o3)CC2)cc1. The second kappa shape index (κ2) is 9.15. The van der Waals surface area contributed by atoms with Crippen molar-refractivity contribution in [2.75, 3.05) is 38.0 Å². The van der Waals surface area contributed by atoms with Gasteiger partial charge in [-0.25, -0.2) is 4.39 Å². The number of hydrogen-bond acceptors (Lipinski definition) is 6. The van der Waals surface area contributed by atoms with Crippen LogP contribution in [0.2, 0.25) is 0 Å². The monoisotopic (exact) mass is 409 g/mol. The first-order chi connectivity index (χ1) is 14.5. The molecule has 2 heterocycles. The van der Waals surface area contributed by atoms with Gasteiger partial charge in [0.25, 0.3) is 0 Å². The van der Waals surface area contributed by atoms with E-state index in [1.54, 1.807) is 12.1 Å². The predicted molar refractivity (Wildman–Crippen MR) is 111 cm³/mol. The minimum Gasteiger partial charge on any atom is -0.419 e. The highest BCUT2D eigenvalue weighted by molar-refractivity contribution is 5.92. The zero-order chi connectivity index (χ0) is 20.9. The van der Waals surface area contributed by atoms with E-state index in [0.717, 1.165) is 37.4 Å². The number of aromatic nitrogens is 2. The summed E-state index contributed by atoms with van der Waals surface area (Å²) in [6, 6.07) is 13.8. The number of anilines is 1.